The van der Waals surface area contributed by atoms with Crippen LogP contribution in [0.4, 0.5) is 27.7 Å². The summed E-state index contributed by atoms with van der Waals surface area (Å²) >= 11 is 0. The first-order valence-corrected chi connectivity index (χ1v) is 9.48. The summed E-state index contributed by atoms with van der Waals surface area (Å²) in [6.45, 7) is 4.62. The Labute approximate surface area is 173 Å². The van der Waals surface area contributed by atoms with Gasteiger partial charge >= 0.3 is 0 Å². The topological polar surface area (TPSA) is 92.3 Å². The summed E-state index contributed by atoms with van der Waals surface area (Å²) in [5.41, 5.74) is 2.40. The molecule has 1 aliphatic heterocycles. The number of rotatable bonds is 6. The third kappa shape index (κ3) is 4.45. The fraction of sp³-hybridized carbons (Fsp3) is 0.238. The Morgan fingerprint density at radius 1 is 1.13 bits per heavy atom. The molecule has 0 saturated carbocycles. The number of nitrogens with zero attached hydrogens (tertiary/aromatic N) is 4. The van der Waals surface area contributed by atoms with Gasteiger partial charge in [0.2, 0.25) is 17.8 Å². The van der Waals surface area contributed by atoms with Gasteiger partial charge in [0.15, 0.2) is 0 Å². The molecular weight excluding hydrogens is 387 g/mol. The smallest absolute Gasteiger partial charge is 0.232 e. The molecular formula is C21H21FN6O2. The third-order valence-electron chi connectivity index (χ3n) is 4.70. The summed E-state index contributed by atoms with van der Waals surface area (Å²) in [5.74, 6) is 1.16. The Balaban J connectivity index is 1.39. The second-order valence-electron chi connectivity index (χ2n) is 6.99. The first kappa shape index (κ1) is 19.6. The third-order valence-corrected chi connectivity index (χ3v) is 4.70. The van der Waals surface area contributed by atoms with Crippen molar-refractivity contribution in [2.45, 2.75) is 20.0 Å². The minimum atomic E-state index is -0.291. The van der Waals surface area contributed by atoms with Crippen LogP contribution >= 0.6 is 0 Å². The zero-order valence-corrected chi connectivity index (χ0v) is 16.6. The van der Waals surface area contributed by atoms with Crippen molar-refractivity contribution in [3.05, 3.63) is 60.2 Å². The highest BCUT2D eigenvalue weighted by atomic mass is 19.1. The predicted molar refractivity (Wildman–Crippen MR) is 112 cm³/mol. The maximum atomic E-state index is 13.0. The van der Waals surface area contributed by atoms with Gasteiger partial charge in [-0.25, -0.2) is 14.4 Å². The molecule has 30 heavy (non-hydrogen) atoms. The average molecular weight is 408 g/mol. The number of aromatic nitrogens is 3. The predicted octanol–water partition coefficient (Wildman–Crippen LogP) is 3.29. The number of ether oxygens (including phenoxy) is 1. The lowest BCUT2D eigenvalue weighted by Crippen LogP contribution is -2.54. The lowest BCUT2D eigenvalue weighted by Gasteiger charge is -2.38. The number of hydrogen-bond acceptors (Lipinski definition) is 7. The van der Waals surface area contributed by atoms with Crippen LogP contribution in [-0.4, -0.2) is 40.1 Å². The van der Waals surface area contributed by atoms with Crippen LogP contribution in [-0.2, 0) is 4.79 Å². The summed E-state index contributed by atoms with van der Waals surface area (Å²) < 4.78 is 18.8. The Bertz CT molecular complexity index is 1050. The number of carbonyl (C=O) groups excluding carboxylic acids is 1. The van der Waals surface area contributed by atoms with Gasteiger partial charge < -0.3 is 20.3 Å². The molecule has 0 bridgehead atoms. The summed E-state index contributed by atoms with van der Waals surface area (Å²) in [4.78, 5) is 26.2. The zero-order chi connectivity index (χ0) is 21.1. The second-order valence-corrected chi connectivity index (χ2v) is 6.99. The Morgan fingerprint density at radius 2 is 1.87 bits per heavy atom. The summed E-state index contributed by atoms with van der Waals surface area (Å²) in [5, 5.41) is 5.98. The molecule has 2 heterocycles. The minimum absolute atomic E-state index is 0.0137. The molecule has 2 aromatic carbocycles. The van der Waals surface area contributed by atoms with Crippen molar-refractivity contribution < 1.29 is 13.9 Å². The standard InChI is InChI=1S/C21H21FN6O2/c1-13-18(25-14(2)29)4-3-5-19(13)26-20-23-12-24-21(27-20)28-10-17(11-28)30-16-8-6-15(22)7-9-16/h3-9,12,17H,10-11H2,1-2H3,(H,25,29)(H,23,24,26,27). The van der Waals surface area contributed by atoms with E-state index in [1.165, 1.54) is 25.4 Å². The van der Waals surface area contributed by atoms with E-state index in [4.69, 9.17) is 4.74 Å². The molecule has 0 aliphatic carbocycles. The summed E-state index contributed by atoms with van der Waals surface area (Å²) in [7, 11) is 0. The molecule has 2 N–H and O–H groups in total. The highest BCUT2D eigenvalue weighted by molar-refractivity contribution is 5.90. The average Bonchev–Trinajstić information content (AvgIpc) is 2.69. The molecule has 1 amide bonds. The van der Waals surface area contributed by atoms with E-state index in [1.54, 1.807) is 12.1 Å². The molecule has 1 fully saturated rings. The number of benzene rings is 2. The molecule has 8 nitrogen and oxygen atoms in total. The van der Waals surface area contributed by atoms with Crippen molar-refractivity contribution in [1.82, 2.24) is 15.0 Å². The summed E-state index contributed by atoms with van der Waals surface area (Å²) in [6.07, 6.45) is 1.44. The van der Waals surface area contributed by atoms with E-state index >= 15 is 0 Å². The van der Waals surface area contributed by atoms with Gasteiger partial charge in [-0.2, -0.15) is 4.98 Å². The number of nitrogens with one attached hydrogen (secondary N) is 2. The highest BCUT2D eigenvalue weighted by Crippen LogP contribution is 2.26. The van der Waals surface area contributed by atoms with E-state index in [1.807, 2.05) is 30.0 Å². The maximum Gasteiger partial charge on any atom is 0.232 e. The van der Waals surface area contributed by atoms with Crippen molar-refractivity contribution in [2.75, 3.05) is 28.6 Å². The van der Waals surface area contributed by atoms with Crippen LogP contribution in [0.1, 0.15) is 12.5 Å². The van der Waals surface area contributed by atoms with Crippen LogP contribution in [0.25, 0.3) is 0 Å². The SMILES string of the molecule is CC(=O)Nc1cccc(Nc2ncnc(N3CC(Oc4ccc(F)cc4)C3)n2)c1C. The van der Waals surface area contributed by atoms with Crippen LogP contribution in [0.15, 0.2) is 48.8 Å². The lowest BCUT2D eigenvalue weighted by atomic mass is 10.1. The van der Waals surface area contributed by atoms with Gasteiger partial charge in [0, 0.05) is 18.3 Å². The first-order chi connectivity index (χ1) is 14.5. The molecule has 1 aliphatic rings. The zero-order valence-electron chi connectivity index (χ0n) is 16.6. The molecule has 0 unspecified atom stereocenters. The van der Waals surface area contributed by atoms with Crippen LogP contribution < -0.4 is 20.3 Å². The van der Waals surface area contributed by atoms with Crippen molar-refractivity contribution in [1.29, 1.82) is 0 Å². The normalized spacial score (nSPS) is 13.5. The molecule has 0 atom stereocenters. The molecule has 3 aromatic rings. The number of hydrogen-bond donors (Lipinski definition) is 2. The van der Waals surface area contributed by atoms with Gasteiger partial charge in [-0.05, 0) is 48.9 Å². The van der Waals surface area contributed by atoms with Crippen LogP contribution in [0.2, 0.25) is 0 Å². The van der Waals surface area contributed by atoms with E-state index in [0.717, 1.165) is 16.9 Å². The molecule has 4 rings (SSSR count). The van der Waals surface area contributed by atoms with Crippen molar-refractivity contribution >= 4 is 29.2 Å². The van der Waals surface area contributed by atoms with E-state index in [-0.39, 0.29) is 17.8 Å². The molecule has 0 spiro atoms. The first-order valence-electron chi connectivity index (χ1n) is 9.48. The maximum absolute atomic E-state index is 13.0. The van der Waals surface area contributed by atoms with Gasteiger partial charge in [-0.15, -0.1) is 0 Å². The molecule has 154 valence electrons. The summed E-state index contributed by atoms with van der Waals surface area (Å²) in [6, 6.07) is 11.5. The fourth-order valence-electron chi connectivity index (χ4n) is 3.10. The number of carbonyl (C=O) groups is 1. The van der Waals surface area contributed by atoms with Crippen LogP contribution in [0.5, 0.6) is 5.75 Å². The minimum Gasteiger partial charge on any atom is -0.487 e. The monoisotopic (exact) mass is 408 g/mol. The van der Waals surface area contributed by atoms with E-state index in [0.29, 0.717) is 30.7 Å². The fourth-order valence-corrected chi connectivity index (χ4v) is 3.10. The van der Waals surface area contributed by atoms with Gasteiger partial charge in [-0.1, -0.05) is 6.07 Å². The quantitative estimate of drug-likeness (QED) is 0.647. The second kappa shape index (κ2) is 8.32. The number of amides is 1. The van der Waals surface area contributed by atoms with Crippen molar-refractivity contribution in [3.8, 4) is 5.75 Å². The Kier molecular flexibility index (Phi) is 5.42. The van der Waals surface area contributed by atoms with Gasteiger partial charge in [0.05, 0.1) is 13.1 Å². The molecule has 1 saturated heterocycles. The molecule has 1 aromatic heterocycles. The van der Waals surface area contributed by atoms with Crippen LogP contribution in [0.3, 0.4) is 0 Å². The largest absolute Gasteiger partial charge is 0.487 e. The highest BCUT2D eigenvalue weighted by Gasteiger charge is 2.30. The Hall–Kier alpha value is -3.75. The van der Waals surface area contributed by atoms with Gasteiger partial charge in [0.1, 0.15) is 24.0 Å². The van der Waals surface area contributed by atoms with E-state index in [9.17, 15) is 9.18 Å². The number of halogens is 1. The van der Waals surface area contributed by atoms with Crippen molar-refractivity contribution in [2.24, 2.45) is 0 Å². The lowest BCUT2D eigenvalue weighted by molar-refractivity contribution is -0.114. The van der Waals surface area contributed by atoms with Crippen LogP contribution in [0, 0.1) is 12.7 Å². The van der Waals surface area contributed by atoms with Gasteiger partial charge in [0.25, 0.3) is 0 Å². The van der Waals surface area contributed by atoms with E-state index in [2.05, 4.69) is 25.6 Å². The number of anilines is 4. The van der Waals surface area contributed by atoms with Gasteiger partial charge in [-0.3, -0.25) is 4.79 Å². The van der Waals surface area contributed by atoms with E-state index < -0.39 is 0 Å². The van der Waals surface area contributed by atoms with Crippen molar-refractivity contribution in [3.63, 3.8) is 0 Å². The Morgan fingerprint density at radius 3 is 2.60 bits per heavy atom. The molecule has 9 heteroatoms. The molecule has 0 radical (unpaired) electrons.